The van der Waals surface area contributed by atoms with E-state index in [1.165, 1.54) is 11.1 Å². The van der Waals surface area contributed by atoms with Gasteiger partial charge in [-0.05, 0) is 109 Å². The number of aryl methyl sites for hydroxylation is 2. The molecule has 170 valence electrons. The Morgan fingerprint density at radius 1 is 1.06 bits per heavy atom. The molecule has 0 aromatic heterocycles. The molecule has 2 rings (SSSR count). The Balaban J connectivity index is 1.77. The van der Waals surface area contributed by atoms with Gasteiger partial charge in [0.05, 0.1) is 0 Å². The fourth-order valence-corrected chi connectivity index (χ4v) is 4.01. The molecule has 1 aliphatic rings. The average molecular weight is 427 g/mol. The molecule has 0 aliphatic carbocycles. The lowest BCUT2D eigenvalue weighted by Crippen LogP contribution is -2.36. The van der Waals surface area contributed by atoms with Crippen molar-refractivity contribution in [3.05, 3.63) is 58.2 Å². The van der Waals surface area contributed by atoms with Crippen LogP contribution in [0.1, 0.15) is 83.8 Å². The van der Waals surface area contributed by atoms with Gasteiger partial charge in [-0.15, -0.1) is 0 Å². The fourth-order valence-electron chi connectivity index (χ4n) is 4.01. The van der Waals surface area contributed by atoms with E-state index in [1.807, 2.05) is 13.0 Å². The molecule has 0 radical (unpaired) electrons. The van der Waals surface area contributed by atoms with Crippen molar-refractivity contribution in [3.8, 4) is 11.5 Å². The summed E-state index contributed by atoms with van der Waals surface area (Å²) in [7, 11) is 0. The number of allylic oxidation sites excluding steroid dienone is 5. The molecule has 31 heavy (non-hydrogen) atoms. The predicted molar refractivity (Wildman–Crippen MR) is 127 cm³/mol. The van der Waals surface area contributed by atoms with Crippen LogP contribution in [-0.4, -0.2) is 21.8 Å². The van der Waals surface area contributed by atoms with Crippen molar-refractivity contribution in [1.29, 1.82) is 0 Å². The van der Waals surface area contributed by atoms with Gasteiger partial charge in [0.2, 0.25) is 0 Å². The van der Waals surface area contributed by atoms with E-state index in [4.69, 9.17) is 9.84 Å². The summed E-state index contributed by atoms with van der Waals surface area (Å²) in [5.74, 6) is 0.424. The first-order valence-electron chi connectivity index (χ1n) is 11.3. The zero-order valence-corrected chi connectivity index (χ0v) is 19.8. The van der Waals surface area contributed by atoms with E-state index in [0.29, 0.717) is 11.3 Å². The normalized spacial score (nSPS) is 19.7. The maximum Gasteiger partial charge on any atom is 0.330 e. The lowest BCUT2D eigenvalue weighted by atomic mass is 9.87. The van der Waals surface area contributed by atoms with Crippen LogP contribution >= 0.6 is 0 Å². The number of phenolic OH excluding ortho intramolecular Hbond substituents is 1. The van der Waals surface area contributed by atoms with E-state index in [2.05, 4.69) is 32.9 Å². The molecule has 4 heteroatoms. The highest BCUT2D eigenvalue weighted by Gasteiger charge is 2.31. The molecule has 0 spiro atoms. The van der Waals surface area contributed by atoms with Crippen molar-refractivity contribution >= 4 is 5.97 Å². The number of rotatable bonds is 10. The summed E-state index contributed by atoms with van der Waals surface area (Å²) in [6.07, 6.45) is 14.0. The van der Waals surface area contributed by atoms with Crippen molar-refractivity contribution in [3.63, 3.8) is 0 Å². The van der Waals surface area contributed by atoms with Gasteiger partial charge in [0.1, 0.15) is 17.1 Å². The largest absolute Gasteiger partial charge is 0.508 e. The first kappa shape index (κ1) is 24.8. The van der Waals surface area contributed by atoms with E-state index in [1.54, 1.807) is 19.1 Å². The molecule has 0 unspecified atom stereocenters. The van der Waals surface area contributed by atoms with Crippen LogP contribution in [0.3, 0.4) is 0 Å². The molecule has 1 aromatic carbocycles. The Bertz CT molecular complexity index is 875. The number of carboxylic acid groups (broad SMARTS) is 1. The Hall–Kier alpha value is -2.49. The summed E-state index contributed by atoms with van der Waals surface area (Å²) in [5, 5.41) is 18.7. The Morgan fingerprint density at radius 2 is 1.68 bits per heavy atom. The number of hydrogen-bond donors (Lipinski definition) is 2. The second kappa shape index (κ2) is 11.2. The number of carbonyl (C=O) groups is 1. The van der Waals surface area contributed by atoms with Gasteiger partial charge in [0.15, 0.2) is 0 Å². The second-order valence-corrected chi connectivity index (χ2v) is 9.21. The van der Waals surface area contributed by atoms with Gasteiger partial charge in [-0.25, -0.2) is 4.79 Å². The summed E-state index contributed by atoms with van der Waals surface area (Å²) in [6, 6.07) is 3.60. The van der Waals surface area contributed by atoms with Crippen LogP contribution < -0.4 is 4.74 Å². The number of fused-ring (bicyclic) bond motifs is 1. The van der Waals surface area contributed by atoms with Gasteiger partial charge in [0.25, 0.3) is 0 Å². The summed E-state index contributed by atoms with van der Waals surface area (Å²) < 4.78 is 6.38. The minimum atomic E-state index is -0.839. The second-order valence-electron chi connectivity index (χ2n) is 9.21. The van der Waals surface area contributed by atoms with E-state index >= 15 is 0 Å². The van der Waals surface area contributed by atoms with Gasteiger partial charge in [-0.3, -0.25) is 0 Å². The number of ether oxygens (including phenoxy) is 1. The Morgan fingerprint density at radius 3 is 2.32 bits per heavy atom. The van der Waals surface area contributed by atoms with Crippen LogP contribution in [0.15, 0.2) is 47.1 Å². The van der Waals surface area contributed by atoms with Crippen molar-refractivity contribution in [2.75, 3.05) is 0 Å². The Labute approximate surface area is 187 Å². The van der Waals surface area contributed by atoms with Crippen LogP contribution in [0.5, 0.6) is 11.5 Å². The van der Waals surface area contributed by atoms with Gasteiger partial charge in [-0.1, -0.05) is 29.4 Å². The van der Waals surface area contributed by atoms with Gasteiger partial charge >= 0.3 is 5.97 Å². The molecule has 0 amide bonds. The summed E-state index contributed by atoms with van der Waals surface area (Å²) in [6.45, 7) is 10.1. The fraction of sp³-hybridized carbons (Fsp3) is 0.519. The first-order chi connectivity index (χ1) is 14.6. The number of benzene rings is 1. The molecule has 2 N–H and O–H groups in total. The first-order valence-corrected chi connectivity index (χ1v) is 11.3. The zero-order valence-electron chi connectivity index (χ0n) is 19.8. The van der Waals surface area contributed by atoms with Crippen molar-refractivity contribution in [2.45, 2.75) is 91.6 Å². The lowest BCUT2D eigenvalue weighted by Gasteiger charge is -2.36. The molecule has 0 fully saturated rings. The molecule has 0 saturated heterocycles. The minimum absolute atomic E-state index is 0.163. The van der Waals surface area contributed by atoms with E-state index in [-0.39, 0.29) is 5.60 Å². The average Bonchev–Trinajstić information content (AvgIpc) is 2.68. The third kappa shape index (κ3) is 7.93. The minimum Gasteiger partial charge on any atom is -0.508 e. The third-order valence-corrected chi connectivity index (χ3v) is 6.13. The molecule has 1 atom stereocenters. The molecule has 1 aromatic rings. The monoisotopic (exact) mass is 426 g/mol. The number of aromatic hydroxyl groups is 1. The zero-order chi connectivity index (χ0) is 23.0. The number of aliphatic carboxylic acids is 1. The van der Waals surface area contributed by atoms with Crippen LogP contribution in [0, 0.1) is 6.92 Å². The number of carboxylic acids is 1. The summed E-state index contributed by atoms with van der Waals surface area (Å²) >= 11 is 0. The SMILES string of the molecule is C/C(=C\CC/C(C)=C/CC[C@@]1(C)CCc2cc(O)cc(C)c2O1)CC/C=C(\C)C(=O)O. The quantitative estimate of drug-likeness (QED) is 0.311. The molecular formula is C27H38O4. The van der Waals surface area contributed by atoms with Crippen LogP contribution in [-0.2, 0) is 11.2 Å². The third-order valence-electron chi connectivity index (χ3n) is 6.13. The molecule has 0 saturated carbocycles. The highest BCUT2D eigenvalue weighted by Crippen LogP contribution is 2.39. The lowest BCUT2D eigenvalue weighted by molar-refractivity contribution is -0.132. The van der Waals surface area contributed by atoms with Crippen LogP contribution in [0.25, 0.3) is 0 Å². The maximum atomic E-state index is 10.8. The van der Waals surface area contributed by atoms with Crippen molar-refractivity contribution in [1.82, 2.24) is 0 Å². The van der Waals surface area contributed by atoms with E-state index < -0.39 is 5.97 Å². The Kier molecular flexibility index (Phi) is 8.97. The standard InChI is InChI=1S/C27H38O4/c1-19(11-7-13-21(3)26(29)30)9-6-10-20(2)12-8-15-27(5)16-14-23-18-24(28)17-22(4)25(23)31-27/h9,12-13,17-18,28H,6-8,10-11,14-16H2,1-5H3,(H,29,30)/b19-9+,20-12+,21-13+/t27-/m0/s1. The predicted octanol–water partition coefficient (Wildman–Crippen LogP) is 7.05. The molecular weight excluding hydrogens is 388 g/mol. The molecule has 4 nitrogen and oxygen atoms in total. The highest BCUT2D eigenvalue weighted by atomic mass is 16.5. The number of phenols is 1. The van der Waals surface area contributed by atoms with E-state index in [9.17, 15) is 9.90 Å². The summed E-state index contributed by atoms with van der Waals surface area (Å²) in [4.78, 5) is 10.8. The van der Waals surface area contributed by atoms with Crippen molar-refractivity contribution in [2.24, 2.45) is 0 Å². The summed E-state index contributed by atoms with van der Waals surface area (Å²) in [5.41, 5.74) is 5.07. The van der Waals surface area contributed by atoms with Crippen LogP contribution in [0.2, 0.25) is 0 Å². The van der Waals surface area contributed by atoms with Crippen molar-refractivity contribution < 1.29 is 19.7 Å². The van der Waals surface area contributed by atoms with E-state index in [0.717, 1.165) is 68.2 Å². The van der Waals surface area contributed by atoms with Gasteiger partial charge in [-0.2, -0.15) is 0 Å². The van der Waals surface area contributed by atoms with Crippen LogP contribution in [0.4, 0.5) is 0 Å². The highest BCUT2D eigenvalue weighted by molar-refractivity contribution is 5.85. The maximum absolute atomic E-state index is 10.8. The topological polar surface area (TPSA) is 66.8 Å². The van der Waals surface area contributed by atoms with Gasteiger partial charge in [0, 0.05) is 5.57 Å². The smallest absolute Gasteiger partial charge is 0.330 e. The number of hydrogen-bond acceptors (Lipinski definition) is 3. The molecule has 1 aliphatic heterocycles. The molecule has 1 heterocycles. The molecule has 0 bridgehead atoms. The van der Waals surface area contributed by atoms with Gasteiger partial charge < -0.3 is 14.9 Å².